The summed E-state index contributed by atoms with van der Waals surface area (Å²) in [7, 11) is 3.04. The summed E-state index contributed by atoms with van der Waals surface area (Å²) >= 11 is -4.68. The van der Waals surface area contributed by atoms with Gasteiger partial charge in [-0.3, -0.25) is 13.2 Å². The number of ether oxygens (including phenoxy) is 4. The first kappa shape index (κ1) is 28.1. The van der Waals surface area contributed by atoms with Crippen molar-refractivity contribution >= 4 is 27.9 Å². The van der Waals surface area contributed by atoms with E-state index in [0.29, 0.717) is 58.1 Å². The van der Waals surface area contributed by atoms with Crippen molar-refractivity contribution in [3.8, 4) is 11.5 Å². The van der Waals surface area contributed by atoms with Gasteiger partial charge in [0.2, 0.25) is 0 Å². The van der Waals surface area contributed by atoms with Gasteiger partial charge in [0.1, 0.15) is 24.7 Å². The molecule has 188 valence electrons. The van der Waals surface area contributed by atoms with Gasteiger partial charge in [-0.05, 0) is 13.8 Å². The molecule has 2 unspecified atom stereocenters. The summed E-state index contributed by atoms with van der Waals surface area (Å²) in [5, 5.41) is 0. The normalized spacial score (nSPS) is 12.9. The number of carbonyl (C=O) groups is 1. The molecule has 11 heteroatoms. The summed E-state index contributed by atoms with van der Waals surface area (Å²) < 4.78 is 66.7. The van der Waals surface area contributed by atoms with Crippen molar-refractivity contribution in [3.63, 3.8) is 0 Å². The van der Waals surface area contributed by atoms with Gasteiger partial charge in [-0.15, -0.1) is 0 Å². The largest absolute Gasteiger partial charge is 0.772 e. The Bertz CT molecular complexity index is 972. The van der Waals surface area contributed by atoms with Crippen LogP contribution in [0.5, 0.6) is 11.5 Å². The molecule has 0 radical (unpaired) electrons. The van der Waals surface area contributed by atoms with E-state index in [1.165, 1.54) is 14.2 Å². The molecule has 0 aliphatic carbocycles. The van der Waals surface area contributed by atoms with Crippen LogP contribution in [0.1, 0.15) is 38.2 Å². The molecule has 0 aliphatic heterocycles. The topological polar surface area (TPSA) is 134 Å². The molecule has 0 N–H and O–H groups in total. The maximum absolute atomic E-state index is 13.5. The van der Waals surface area contributed by atoms with E-state index < -0.39 is 22.2 Å². The van der Waals surface area contributed by atoms with E-state index in [2.05, 4.69) is 0 Å². The van der Waals surface area contributed by atoms with Gasteiger partial charge >= 0.3 is 0 Å². The number of rotatable bonds is 14. The molecule has 0 bridgehead atoms. The Balaban J connectivity index is 2.52. The average Bonchev–Trinajstić information content (AvgIpc) is 2.77. The van der Waals surface area contributed by atoms with Crippen molar-refractivity contribution in [2.24, 2.45) is 0 Å². The highest BCUT2D eigenvalue weighted by atomic mass is 32.2. The maximum atomic E-state index is 13.5. The van der Waals surface area contributed by atoms with Gasteiger partial charge in [0.15, 0.2) is 5.78 Å². The van der Waals surface area contributed by atoms with Crippen LogP contribution in [-0.4, -0.2) is 64.0 Å². The number of methoxy groups -OCH3 is 2. The minimum atomic E-state index is -2.34. The van der Waals surface area contributed by atoms with Crippen LogP contribution in [0.2, 0.25) is 0 Å². The summed E-state index contributed by atoms with van der Waals surface area (Å²) in [5.74, 6) is -0.197. The molecule has 2 rings (SSSR count). The van der Waals surface area contributed by atoms with E-state index in [1.54, 1.807) is 38.1 Å². The molecule has 2 aromatic rings. The van der Waals surface area contributed by atoms with Gasteiger partial charge in [-0.25, -0.2) is 0 Å². The van der Waals surface area contributed by atoms with E-state index in [1.807, 2.05) is 0 Å². The molecule has 0 fully saturated rings. The first-order valence-corrected chi connectivity index (χ1v) is 12.8. The van der Waals surface area contributed by atoms with Gasteiger partial charge in [0.05, 0.1) is 13.2 Å². The molecular formula is C23H28O9S2-2. The molecule has 9 nitrogen and oxygen atoms in total. The zero-order valence-electron chi connectivity index (χ0n) is 19.5. The van der Waals surface area contributed by atoms with E-state index in [4.69, 9.17) is 18.9 Å². The standard InChI is InChI=1S/C23H30O9S2/c1-15-19(7-5-17(13-33(25)26)22(15)31-11-9-29-3)21(24)20-8-6-18(14-34(27)28)23(16(20)2)32-12-10-30-4/h5-8H,9-14H2,1-4H3,(H,25,26)(H,27,28)/p-2. The van der Waals surface area contributed by atoms with Crippen molar-refractivity contribution in [2.75, 3.05) is 40.6 Å². The molecule has 0 heterocycles. The Morgan fingerprint density at radius 3 is 1.44 bits per heavy atom. The Kier molecular flexibility index (Phi) is 11.3. The maximum Gasteiger partial charge on any atom is 0.193 e. The molecule has 34 heavy (non-hydrogen) atoms. The summed E-state index contributed by atoms with van der Waals surface area (Å²) in [6, 6.07) is 6.24. The molecule has 0 spiro atoms. The van der Waals surface area contributed by atoms with Crippen LogP contribution in [0, 0.1) is 13.8 Å². The lowest BCUT2D eigenvalue weighted by Gasteiger charge is -2.20. The Labute approximate surface area is 204 Å². The smallest absolute Gasteiger partial charge is 0.193 e. The quantitative estimate of drug-likeness (QED) is 0.212. The van der Waals surface area contributed by atoms with E-state index >= 15 is 0 Å². The van der Waals surface area contributed by atoms with Crippen LogP contribution < -0.4 is 9.47 Å². The predicted molar refractivity (Wildman–Crippen MR) is 126 cm³/mol. The minimum absolute atomic E-state index is 0.186. The molecule has 2 aromatic carbocycles. The van der Waals surface area contributed by atoms with Crippen LogP contribution >= 0.6 is 0 Å². The third-order valence-corrected chi connectivity index (χ3v) is 6.17. The van der Waals surface area contributed by atoms with Crippen LogP contribution in [0.15, 0.2) is 24.3 Å². The van der Waals surface area contributed by atoms with Crippen LogP contribution in [0.4, 0.5) is 0 Å². The first-order chi connectivity index (χ1) is 16.2. The summed E-state index contributed by atoms with van der Waals surface area (Å²) in [4.78, 5) is 13.5. The number of hydrogen-bond acceptors (Lipinski definition) is 9. The summed E-state index contributed by atoms with van der Waals surface area (Å²) in [6.07, 6.45) is 0. The zero-order valence-corrected chi connectivity index (χ0v) is 21.2. The number of carbonyl (C=O) groups excluding carboxylic acids is 1. The predicted octanol–water partition coefficient (Wildman–Crippen LogP) is 2.34. The molecule has 2 atom stereocenters. The lowest BCUT2D eigenvalue weighted by Crippen LogP contribution is -2.14. The van der Waals surface area contributed by atoms with Crippen LogP contribution in [-0.2, 0) is 43.1 Å². The fourth-order valence-corrected chi connectivity index (χ4v) is 4.43. The van der Waals surface area contributed by atoms with Crippen molar-refractivity contribution in [3.05, 3.63) is 57.6 Å². The molecule has 0 amide bonds. The fourth-order valence-electron chi connectivity index (χ4n) is 3.47. The van der Waals surface area contributed by atoms with Gasteiger partial charge < -0.3 is 28.1 Å². The summed E-state index contributed by atoms with van der Waals surface area (Å²) in [5.41, 5.74) is 2.53. The van der Waals surface area contributed by atoms with Gasteiger partial charge in [-0.2, -0.15) is 0 Å². The highest BCUT2D eigenvalue weighted by Crippen LogP contribution is 2.33. The Hall–Kier alpha value is -2.15. The van der Waals surface area contributed by atoms with E-state index in [9.17, 15) is 22.3 Å². The molecule has 0 aromatic heterocycles. The molecule has 0 aliphatic rings. The second-order valence-corrected chi connectivity index (χ2v) is 9.15. The van der Waals surface area contributed by atoms with Crippen molar-refractivity contribution in [1.29, 1.82) is 0 Å². The molecular weight excluding hydrogens is 484 g/mol. The minimum Gasteiger partial charge on any atom is -0.772 e. The monoisotopic (exact) mass is 512 g/mol. The van der Waals surface area contributed by atoms with Crippen LogP contribution in [0.25, 0.3) is 0 Å². The molecule has 0 saturated heterocycles. The SMILES string of the molecule is COCCOc1c(CS(=O)[O-])ccc(C(=O)c2ccc(CS(=O)[O-])c(OCCOC)c2C)c1C. The second-order valence-electron chi connectivity index (χ2n) is 7.36. The van der Waals surface area contributed by atoms with E-state index in [-0.39, 0.29) is 30.5 Å². The number of ketones is 1. The van der Waals surface area contributed by atoms with Crippen molar-refractivity contribution in [2.45, 2.75) is 25.4 Å². The van der Waals surface area contributed by atoms with Crippen LogP contribution in [0.3, 0.4) is 0 Å². The third-order valence-electron chi connectivity index (χ3n) is 5.08. The molecule has 0 saturated carbocycles. The second kappa shape index (κ2) is 13.7. The van der Waals surface area contributed by atoms with E-state index in [0.717, 1.165) is 0 Å². The highest BCUT2D eigenvalue weighted by Gasteiger charge is 2.22. The van der Waals surface area contributed by atoms with Crippen molar-refractivity contribution < 1.29 is 41.3 Å². The third kappa shape index (κ3) is 7.42. The van der Waals surface area contributed by atoms with Gasteiger partial charge in [-0.1, -0.05) is 46.4 Å². The van der Waals surface area contributed by atoms with Gasteiger partial charge in [0.25, 0.3) is 0 Å². The lowest BCUT2D eigenvalue weighted by molar-refractivity contribution is 0.103. The van der Waals surface area contributed by atoms with Crippen molar-refractivity contribution in [1.82, 2.24) is 0 Å². The summed E-state index contributed by atoms with van der Waals surface area (Å²) in [6.45, 7) is 4.33. The fraction of sp³-hybridized carbons (Fsp3) is 0.435. The Morgan fingerprint density at radius 1 is 0.735 bits per heavy atom. The Morgan fingerprint density at radius 2 is 1.12 bits per heavy atom. The number of hydrogen-bond donors (Lipinski definition) is 0. The lowest BCUT2D eigenvalue weighted by atomic mass is 9.93. The first-order valence-electron chi connectivity index (χ1n) is 10.4. The zero-order chi connectivity index (χ0) is 25.3. The van der Waals surface area contributed by atoms with Gasteiger partial charge in [0, 0.05) is 59.1 Å². The number of benzene rings is 2. The highest BCUT2D eigenvalue weighted by molar-refractivity contribution is 7.78. The average molecular weight is 513 g/mol.